The fourth-order valence-corrected chi connectivity index (χ4v) is 4.89. The molecule has 0 saturated heterocycles. The third kappa shape index (κ3) is 10.8. The van der Waals surface area contributed by atoms with Crippen LogP contribution in [0.15, 0.2) is 48.8 Å². The highest BCUT2D eigenvalue weighted by molar-refractivity contribution is 5.92. The number of carbonyl (C=O) groups excluding carboxylic acids is 1. The van der Waals surface area contributed by atoms with Crippen LogP contribution >= 0.6 is 0 Å². The summed E-state index contributed by atoms with van der Waals surface area (Å²) in [6, 6.07) is 14.0. The predicted octanol–water partition coefficient (Wildman–Crippen LogP) is 9.14. The molecule has 0 radical (unpaired) electrons. The first kappa shape index (κ1) is 33.3. The fourth-order valence-electron chi connectivity index (χ4n) is 4.89. The topological polar surface area (TPSA) is 109 Å². The van der Waals surface area contributed by atoms with E-state index in [0.29, 0.717) is 23.7 Å². The van der Waals surface area contributed by atoms with Crippen molar-refractivity contribution in [2.75, 3.05) is 6.61 Å². The Balaban J connectivity index is 1.54. The Morgan fingerprint density at radius 1 is 0.698 bits per heavy atom. The highest BCUT2D eigenvalue weighted by Gasteiger charge is 2.19. The molecule has 0 atom stereocenters. The molecule has 0 aliphatic heterocycles. The van der Waals surface area contributed by atoms with E-state index in [2.05, 4.69) is 23.8 Å². The zero-order chi connectivity index (χ0) is 30.7. The normalized spacial score (nSPS) is 10.6. The third-order valence-corrected chi connectivity index (χ3v) is 7.46. The second-order valence-corrected chi connectivity index (χ2v) is 10.9. The molecule has 0 aliphatic rings. The van der Waals surface area contributed by atoms with Crippen molar-refractivity contribution in [1.29, 1.82) is 10.5 Å². The molecule has 1 aromatic heterocycles. The van der Waals surface area contributed by atoms with Gasteiger partial charge in [-0.15, -0.1) is 0 Å². The van der Waals surface area contributed by atoms with E-state index in [-0.39, 0.29) is 16.9 Å². The van der Waals surface area contributed by atoms with E-state index >= 15 is 0 Å². The molecule has 3 aromatic rings. The van der Waals surface area contributed by atoms with E-state index in [1.165, 1.54) is 63.9 Å². The zero-order valence-electron chi connectivity index (χ0n) is 25.7. The lowest BCUT2D eigenvalue weighted by Crippen LogP contribution is -2.10. The molecule has 0 spiro atoms. The molecule has 7 nitrogen and oxygen atoms in total. The van der Waals surface area contributed by atoms with Gasteiger partial charge in [-0.3, -0.25) is 0 Å². The Morgan fingerprint density at radius 3 is 1.84 bits per heavy atom. The van der Waals surface area contributed by atoms with E-state index in [1.54, 1.807) is 30.3 Å². The van der Waals surface area contributed by atoms with Gasteiger partial charge in [-0.25, -0.2) is 14.8 Å². The SMILES string of the molecule is CCCCCCCCCCOc1ccc(OC(=O)c2ccc(-c3ncc(CCCCCCC)cn3)cc2)c(C#N)c1C#N. The Kier molecular flexibility index (Phi) is 14.7. The molecule has 0 N–H and O–H groups in total. The minimum atomic E-state index is -0.626. The van der Waals surface area contributed by atoms with Crippen LogP contribution in [0.3, 0.4) is 0 Å². The summed E-state index contributed by atoms with van der Waals surface area (Å²) < 4.78 is 11.4. The molecule has 7 heteroatoms. The van der Waals surface area contributed by atoms with E-state index in [1.807, 2.05) is 24.5 Å². The lowest BCUT2D eigenvalue weighted by Gasteiger charge is -2.12. The smallest absolute Gasteiger partial charge is 0.343 e. The Hall–Kier alpha value is -4.23. The van der Waals surface area contributed by atoms with Gasteiger partial charge in [0, 0.05) is 18.0 Å². The summed E-state index contributed by atoms with van der Waals surface area (Å²) in [6.07, 6.45) is 20.3. The summed E-state index contributed by atoms with van der Waals surface area (Å²) in [5.74, 6) is 0.316. The fraction of sp³-hybridized carbons (Fsp3) is 0.472. The number of nitriles is 2. The molecule has 0 saturated carbocycles. The summed E-state index contributed by atoms with van der Waals surface area (Å²) in [5, 5.41) is 19.5. The van der Waals surface area contributed by atoms with E-state index in [0.717, 1.165) is 43.2 Å². The number of unbranched alkanes of at least 4 members (excludes halogenated alkanes) is 11. The Bertz CT molecular complexity index is 1360. The largest absolute Gasteiger partial charge is 0.492 e. The van der Waals surface area contributed by atoms with Crippen LogP contribution in [-0.2, 0) is 6.42 Å². The van der Waals surface area contributed by atoms with Gasteiger partial charge >= 0.3 is 5.97 Å². The molecule has 0 unspecified atom stereocenters. The van der Waals surface area contributed by atoms with Crippen LogP contribution in [0.2, 0.25) is 0 Å². The van der Waals surface area contributed by atoms with Gasteiger partial charge < -0.3 is 9.47 Å². The molecular weight excluding hydrogens is 536 g/mol. The van der Waals surface area contributed by atoms with Crippen molar-refractivity contribution in [2.24, 2.45) is 0 Å². The first-order valence-electron chi connectivity index (χ1n) is 15.8. The van der Waals surface area contributed by atoms with Crippen molar-refractivity contribution in [3.63, 3.8) is 0 Å². The summed E-state index contributed by atoms with van der Waals surface area (Å²) in [5.41, 5.74) is 2.28. The van der Waals surface area contributed by atoms with Crippen molar-refractivity contribution in [1.82, 2.24) is 9.97 Å². The number of nitrogens with zero attached hydrogens (tertiary/aromatic N) is 4. The average Bonchev–Trinajstić information content (AvgIpc) is 3.04. The molecule has 0 amide bonds. The lowest BCUT2D eigenvalue weighted by molar-refractivity contribution is 0.0734. The summed E-state index contributed by atoms with van der Waals surface area (Å²) >= 11 is 0. The second kappa shape index (κ2) is 19.1. The monoisotopic (exact) mass is 580 g/mol. The van der Waals surface area contributed by atoms with Crippen LogP contribution in [0, 0.1) is 22.7 Å². The maximum Gasteiger partial charge on any atom is 0.343 e. The Morgan fingerprint density at radius 2 is 1.23 bits per heavy atom. The molecule has 43 heavy (non-hydrogen) atoms. The molecule has 0 bridgehead atoms. The highest BCUT2D eigenvalue weighted by Crippen LogP contribution is 2.30. The minimum absolute atomic E-state index is 0.0141. The quantitative estimate of drug-likeness (QED) is 0.0790. The van der Waals surface area contributed by atoms with Crippen LogP contribution in [-0.4, -0.2) is 22.5 Å². The lowest BCUT2D eigenvalue weighted by atomic mass is 10.1. The highest BCUT2D eigenvalue weighted by atomic mass is 16.5. The van der Waals surface area contributed by atoms with Gasteiger partial charge in [0.2, 0.25) is 0 Å². The van der Waals surface area contributed by atoms with Gasteiger partial charge in [0.25, 0.3) is 0 Å². The van der Waals surface area contributed by atoms with E-state index in [9.17, 15) is 15.3 Å². The van der Waals surface area contributed by atoms with Gasteiger partial charge in [0.1, 0.15) is 29.0 Å². The number of benzene rings is 2. The number of hydrogen-bond donors (Lipinski definition) is 0. The summed E-state index contributed by atoms with van der Waals surface area (Å²) in [7, 11) is 0. The molecule has 1 heterocycles. The van der Waals surface area contributed by atoms with Gasteiger partial charge in [0.15, 0.2) is 11.6 Å². The maximum atomic E-state index is 12.9. The molecular formula is C36H44N4O3. The van der Waals surface area contributed by atoms with Crippen LogP contribution in [0.25, 0.3) is 11.4 Å². The average molecular weight is 581 g/mol. The maximum absolute atomic E-state index is 12.9. The van der Waals surface area contributed by atoms with Crippen LogP contribution in [0.4, 0.5) is 0 Å². The standard InChI is InChI=1S/C36H44N4O3/c1-3-5-7-9-10-11-13-15-23-42-33-21-22-34(32(25-38)31(33)24-37)43-36(41)30-19-17-29(18-20-30)35-39-26-28(27-40-35)16-14-12-8-6-4-2/h17-22,26-27H,3-16,23H2,1-2H3. The van der Waals surface area contributed by atoms with Crippen LogP contribution < -0.4 is 9.47 Å². The van der Waals surface area contributed by atoms with Crippen molar-refractivity contribution in [2.45, 2.75) is 104 Å². The van der Waals surface area contributed by atoms with Crippen molar-refractivity contribution in [3.8, 4) is 35.0 Å². The first-order chi connectivity index (χ1) is 21.1. The third-order valence-electron chi connectivity index (χ3n) is 7.46. The number of carbonyl (C=O) groups is 1. The summed E-state index contributed by atoms with van der Waals surface area (Å²) in [4.78, 5) is 21.9. The molecule has 0 aliphatic carbocycles. The Labute approximate surface area is 256 Å². The molecule has 0 fully saturated rings. The van der Waals surface area contributed by atoms with Crippen LogP contribution in [0.1, 0.15) is 124 Å². The number of aromatic nitrogens is 2. The first-order valence-corrected chi connectivity index (χ1v) is 15.8. The summed E-state index contributed by atoms with van der Waals surface area (Å²) in [6.45, 7) is 4.89. The second-order valence-electron chi connectivity index (χ2n) is 10.9. The number of hydrogen-bond acceptors (Lipinski definition) is 7. The van der Waals surface area contributed by atoms with E-state index < -0.39 is 5.97 Å². The van der Waals surface area contributed by atoms with Gasteiger partial charge in [-0.1, -0.05) is 96.6 Å². The van der Waals surface area contributed by atoms with Crippen molar-refractivity contribution in [3.05, 3.63) is 71.0 Å². The number of aryl methyl sites for hydroxylation is 1. The predicted molar refractivity (Wildman–Crippen MR) is 169 cm³/mol. The number of rotatable bonds is 19. The number of esters is 1. The van der Waals surface area contributed by atoms with Gasteiger partial charge in [0.05, 0.1) is 12.2 Å². The zero-order valence-corrected chi connectivity index (χ0v) is 25.7. The molecule has 226 valence electrons. The minimum Gasteiger partial charge on any atom is -0.492 e. The van der Waals surface area contributed by atoms with Crippen molar-refractivity contribution < 1.29 is 14.3 Å². The van der Waals surface area contributed by atoms with Gasteiger partial charge in [-0.2, -0.15) is 10.5 Å². The number of ether oxygens (including phenoxy) is 2. The van der Waals surface area contributed by atoms with Crippen molar-refractivity contribution >= 4 is 5.97 Å². The molecule has 3 rings (SSSR count). The van der Waals surface area contributed by atoms with Gasteiger partial charge in [-0.05, 0) is 49.1 Å². The molecule has 2 aromatic carbocycles. The van der Waals surface area contributed by atoms with E-state index in [4.69, 9.17) is 9.47 Å². The van der Waals surface area contributed by atoms with Crippen LogP contribution in [0.5, 0.6) is 11.5 Å².